The molecule has 0 saturated carbocycles. The van der Waals surface area contributed by atoms with E-state index in [0.29, 0.717) is 11.5 Å². The smallest absolute Gasteiger partial charge is 0.255 e. The Kier molecular flexibility index (Phi) is 5.52. The lowest BCUT2D eigenvalue weighted by molar-refractivity contribution is 0.0620. The summed E-state index contributed by atoms with van der Waals surface area (Å²) in [6, 6.07) is 5.60. The van der Waals surface area contributed by atoms with E-state index in [1.165, 1.54) is 0 Å². The molecular formula is C15H21BrN2OS. The van der Waals surface area contributed by atoms with Crippen LogP contribution in [0.1, 0.15) is 24.2 Å². The van der Waals surface area contributed by atoms with Crippen molar-refractivity contribution in [1.29, 1.82) is 0 Å². The third kappa shape index (κ3) is 3.99. The minimum absolute atomic E-state index is 0.0895. The molecule has 0 bridgehead atoms. The highest BCUT2D eigenvalue weighted by Crippen LogP contribution is 2.21. The van der Waals surface area contributed by atoms with Crippen molar-refractivity contribution in [2.45, 2.75) is 18.7 Å². The second-order valence-corrected chi connectivity index (χ2v) is 7.05. The van der Waals surface area contributed by atoms with Gasteiger partial charge in [0, 0.05) is 42.1 Å². The lowest BCUT2D eigenvalue weighted by atomic mass is 10.1. The van der Waals surface area contributed by atoms with Crippen molar-refractivity contribution in [1.82, 2.24) is 9.80 Å². The van der Waals surface area contributed by atoms with Gasteiger partial charge in [-0.2, -0.15) is 0 Å². The molecule has 1 amide bonds. The van der Waals surface area contributed by atoms with Gasteiger partial charge in [-0.3, -0.25) is 9.69 Å². The molecule has 3 nitrogen and oxygen atoms in total. The Bertz CT molecular complexity index is 485. The van der Waals surface area contributed by atoms with Crippen molar-refractivity contribution in [3.8, 4) is 0 Å². The van der Waals surface area contributed by atoms with Crippen molar-refractivity contribution in [2.24, 2.45) is 5.92 Å². The molecule has 0 N–H and O–H groups in total. The number of carbonyl (C=O) groups excluding carboxylic acids is 1. The fourth-order valence-corrected chi connectivity index (χ4v) is 3.35. The summed E-state index contributed by atoms with van der Waals surface area (Å²) in [7, 11) is 0. The van der Waals surface area contributed by atoms with Gasteiger partial charge in [-0.25, -0.2) is 0 Å². The maximum absolute atomic E-state index is 12.5. The quantitative estimate of drug-likeness (QED) is 0.841. The van der Waals surface area contributed by atoms with Gasteiger partial charge >= 0.3 is 0 Å². The molecule has 1 aliphatic heterocycles. The summed E-state index contributed by atoms with van der Waals surface area (Å²) in [6.45, 7) is 9.09. The molecule has 1 saturated heterocycles. The molecular weight excluding hydrogens is 336 g/mol. The summed E-state index contributed by atoms with van der Waals surface area (Å²) in [5.74, 6) is 0.763. The van der Waals surface area contributed by atoms with Crippen LogP contribution in [0.5, 0.6) is 0 Å². The minimum atomic E-state index is 0.0895. The Morgan fingerprint density at radius 1 is 1.30 bits per heavy atom. The Morgan fingerprint density at radius 3 is 2.50 bits per heavy atom. The first-order chi connectivity index (χ1) is 9.47. The normalized spacial score (nSPS) is 16.8. The van der Waals surface area contributed by atoms with Crippen molar-refractivity contribution in [2.75, 3.05) is 32.7 Å². The molecule has 1 fully saturated rings. The number of rotatable bonds is 3. The van der Waals surface area contributed by atoms with Gasteiger partial charge in [0.1, 0.15) is 0 Å². The number of halogens is 1. The number of nitrogens with zero attached hydrogens (tertiary/aromatic N) is 2. The largest absolute Gasteiger partial charge is 0.336 e. The molecule has 1 heterocycles. The Balaban J connectivity index is 1.98. The van der Waals surface area contributed by atoms with Crippen LogP contribution in [0.25, 0.3) is 0 Å². The van der Waals surface area contributed by atoms with Crippen LogP contribution in [0.15, 0.2) is 27.6 Å². The summed E-state index contributed by atoms with van der Waals surface area (Å²) in [4.78, 5) is 17.6. The zero-order valence-electron chi connectivity index (χ0n) is 12.0. The van der Waals surface area contributed by atoms with E-state index < -0.39 is 0 Å². The summed E-state index contributed by atoms with van der Waals surface area (Å²) in [5.41, 5.74) is 0.689. The lowest BCUT2D eigenvalue weighted by Gasteiger charge is -2.35. The summed E-state index contributed by atoms with van der Waals surface area (Å²) in [6.07, 6.45) is 0. The first kappa shape index (κ1) is 15.9. The predicted molar refractivity (Wildman–Crippen MR) is 88.6 cm³/mol. The predicted octanol–water partition coefficient (Wildman–Crippen LogP) is 3.15. The highest BCUT2D eigenvalue weighted by atomic mass is 79.9. The number of amides is 1. The Morgan fingerprint density at radius 2 is 1.95 bits per heavy atom. The van der Waals surface area contributed by atoms with Crippen LogP contribution in [-0.4, -0.2) is 48.4 Å². The molecule has 110 valence electrons. The van der Waals surface area contributed by atoms with E-state index in [1.807, 2.05) is 23.1 Å². The monoisotopic (exact) mass is 356 g/mol. The van der Waals surface area contributed by atoms with E-state index in [-0.39, 0.29) is 5.91 Å². The second kappa shape index (κ2) is 6.96. The zero-order chi connectivity index (χ0) is 14.7. The molecule has 0 atom stereocenters. The molecule has 0 aromatic heterocycles. The van der Waals surface area contributed by atoms with Gasteiger partial charge in [-0.1, -0.05) is 29.8 Å². The van der Waals surface area contributed by atoms with Crippen LogP contribution in [0, 0.1) is 5.92 Å². The van der Waals surface area contributed by atoms with Crippen molar-refractivity contribution in [3.63, 3.8) is 0 Å². The van der Waals surface area contributed by atoms with E-state index in [0.717, 1.165) is 42.1 Å². The fourth-order valence-electron chi connectivity index (χ4n) is 2.51. The molecule has 1 aromatic rings. The summed E-state index contributed by atoms with van der Waals surface area (Å²) < 4.78 is 0.945. The van der Waals surface area contributed by atoms with E-state index in [9.17, 15) is 4.79 Å². The molecule has 1 aromatic carbocycles. The topological polar surface area (TPSA) is 23.6 Å². The van der Waals surface area contributed by atoms with Crippen molar-refractivity contribution < 1.29 is 4.79 Å². The number of piperazine rings is 1. The van der Waals surface area contributed by atoms with Crippen LogP contribution in [0.4, 0.5) is 0 Å². The number of benzene rings is 1. The van der Waals surface area contributed by atoms with E-state index in [4.69, 9.17) is 0 Å². The number of hydrogen-bond donors (Lipinski definition) is 1. The van der Waals surface area contributed by atoms with Crippen molar-refractivity contribution >= 4 is 34.5 Å². The molecule has 0 radical (unpaired) electrons. The van der Waals surface area contributed by atoms with Gasteiger partial charge < -0.3 is 4.90 Å². The van der Waals surface area contributed by atoms with Gasteiger partial charge in [0.05, 0.1) is 5.56 Å². The van der Waals surface area contributed by atoms with Crippen molar-refractivity contribution in [3.05, 3.63) is 28.2 Å². The van der Waals surface area contributed by atoms with E-state index >= 15 is 0 Å². The lowest BCUT2D eigenvalue weighted by Crippen LogP contribution is -2.49. The first-order valence-electron chi connectivity index (χ1n) is 6.97. The molecule has 20 heavy (non-hydrogen) atoms. The third-order valence-electron chi connectivity index (χ3n) is 3.47. The highest BCUT2D eigenvalue weighted by molar-refractivity contribution is 9.10. The second-order valence-electron chi connectivity index (χ2n) is 5.65. The number of carbonyl (C=O) groups is 1. The Hall–Kier alpha value is -0.520. The summed E-state index contributed by atoms with van der Waals surface area (Å²) in [5, 5.41) is 0. The number of hydrogen-bond acceptors (Lipinski definition) is 3. The number of thiol groups is 1. The highest BCUT2D eigenvalue weighted by Gasteiger charge is 2.23. The molecule has 1 aliphatic rings. The van der Waals surface area contributed by atoms with Crippen LogP contribution < -0.4 is 0 Å². The van der Waals surface area contributed by atoms with E-state index in [1.54, 1.807) is 0 Å². The Labute approximate surface area is 134 Å². The standard InChI is InChI=1S/C15H21BrN2OS/c1-11(2)10-17-5-7-18(8-6-17)15(19)13-4-3-12(16)9-14(13)20/h3-4,9,11,20H,5-8,10H2,1-2H3. The molecule has 0 unspecified atom stereocenters. The van der Waals surface area contributed by atoms with Gasteiger partial charge in [0.2, 0.25) is 0 Å². The molecule has 0 spiro atoms. The van der Waals surface area contributed by atoms with Gasteiger partial charge in [-0.05, 0) is 24.1 Å². The average Bonchev–Trinajstić information content (AvgIpc) is 2.38. The molecule has 0 aliphatic carbocycles. The first-order valence-corrected chi connectivity index (χ1v) is 8.21. The summed E-state index contributed by atoms with van der Waals surface area (Å²) >= 11 is 7.79. The van der Waals surface area contributed by atoms with Crippen LogP contribution in [-0.2, 0) is 0 Å². The maximum atomic E-state index is 12.5. The van der Waals surface area contributed by atoms with E-state index in [2.05, 4.69) is 47.3 Å². The average molecular weight is 357 g/mol. The van der Waals surface area contributed by atoms with Crippen LogP contribution in [0.3, 0.4) is 0 Å². The zero-order valence-corrected chi connectivity index (χ0v) is 14.5. The third-order valence-corrected chi connectivity index (χ3v) is 4.34. The van der Waals surface area contributed by atoms with Crippen LogP contribution in [0.2, 0.25) is 0 Å². The van der Waals surface area contributed by atoms with Gasteiger partial charge in [0.15, 0.2) is 0 Å². The van der Waals surface area contributed by atoms with Crippen LogP contribution >= 0.6 is 28.6 Å². The minimum Gasteiger partial charge on any atom is -0.336 e. The SMILES string of the molecule is CC(C)CN1CCN(C(=O)c2ccc(Br)cc2S)CC1. The molecule has 2 rings (SSSR count). The van der Waals surface area contributed by atoms with Gasteiger partial charge in [0.25, 0.3) is 5.91 Å². The molecule has 5 heteroatoms. The maximum Gasteiger partial charge on any atom is 0.255 e. The fraction of sp³-hybridized carbons (Fsp3) is 0.533. The van der Waals surface area contributed by atoms with Gasteiger partial charge in [-0.15, -0.1) is 12.6 Å².